The van der Waals surface area contributed by atoms with Crippen LogP contribution in [-0.2, 0) is 24.2 Å². The zero-order chi connectivity index (χ0) is 23.6. The van der Waals surface area contributed by atoms with Gasteiger partial charge in [0, 0.05) is 37.6 Å². The van der Waals surface area contributed by atoms with Crippen molar-refractivity contribution >= 4 is 22.2 Å². The maximum Gasteiger partial charge on any atom is 0.239 e. The fraction of sp³-hybridized carbons (Fsp3) is 0.538. The number of carbonyl (C=O) groups excluding carboxylic acids is 1. The summed E-state index contributed by atoms with van der Waals surface area (Å²) in [5, 5.41) is 13.5. The lowest BCUT2D eigenvalue weighted by molar-refractivity contribution is -0.117. The van der Waals surface area contributed by atoms with Crippen LogP contribution in [0, 0.1) is 28.5 Å². The van der Waals surface area contributed by atoms with Crippen molar-refractivity contribution in [2.75, 3.05) is 38.0 Å². The number of hydrogen-bond acceptors (Lipinski definition) is 5. The molecule has 1 saturated heterocycles. The molecule has 2 heterocycles. The van der Waals surface area contributed by atoms with Crippen LogP contribution in [-0.4, -0.2) is 48.4 Å². The lowest BCUT2D eigenvalue weighted by Crippen LogP contribution is -2.48. The molecule has 1 atom stereocenters. The summed E-state index contributed by atoms with van der Waals surface area (Å²) in [4.78, 5) is 18.5. The van der Waals surface area contributed by atoms with Gasteiger partial charge in [0.25, 0.3) is 0 Å². The number of hydrogen-bond donors (Lipinski definition) is 1. The molecular formula is C26H33FN4OS. The molecule has 1 aromatic carbocycles. The average molecular weight is 469 g/mol. The molecule has 33 heavy (non-hydrogen) atoms. The van der Waals surface area contributed by atoms with Gasteiger partial charge in [-0.15, -0.1) is 11.3 Å². The van der Waals surface area contributed by atoms with Crippen LogP contribution in [0.5, 0.6) is 0 Å². The zero-order valence-corrected chi connectivity index (χ0v) is 20.6. The Kier molecular flexibility index (Phi) is 7.18. The van der Waals surface area contributed by atoms with Gasteiger partial charge in [-0.3, -0.25) is 14.6 Å². The molecule has 1 aromatic heterocycles. The Hall–Kier alpha value is -2.27. The van der Waals surface area contributed by atoms with Crippen molar-refractivity contribution in [1.29, 1.82) is 5.26 Å². The van der Waals surface area contributed by atoms with Gasteiger partial charge in [-0.25, -0.2) is 4.39 Å². The SMILES string of the molecule is CC(C)(C)C1CCc2c(sc(NC(=O)CN3CCN(Cc4cccc(F)c4)CC3)c2C#N)C1. The molecule has 0 saturated carbocycles. The minimum Gasteiger partial charge on any atom is -0.315 e. The van der Waals surface area contributed by atoms with Crippen molar-refractivity contribution in [3.05, 3.63) is 51.7 Å². The fourth-order valence-corrected chi connectivity index (χ4v) is 6.19. The van der Waals surface area contributed by atoms with Crippen LogP contribution >= 0.6 is 11.3 Å². The standard InChI is InChI=1S/C26H33FN4OS/c1-26(2,3)19-7-8-21-22(15-28)25(33-23(21)14-19)29-24(32)17-31-11-9-30(10-12-31)16-18-5-4-6-20(27)13-18/h4-6,13,19H,7-12,14,16-17H2,1-3H3,(H,29,32). The number of rotatable bonds is 5. The second-order valence-corrected chi connectivity index (χ2v) is 11.5. The number of halogens is 1. The van der Waals surface area contributed by atoms with Gasteiger partial charge in [-0.1, -0.05) is 32.9 Å². The van der Waals surface area contributed by atoms with E-state index in [1.807, 2.05) is 6.07 Å². The third kappa shape index (κ3) is 5.81. The number of carbonyl (C=O) groups is 1. The van der Waals surface area contributed by atoms with Crippen LogP contribution in [0.15, 0.2) is 24.3 Å². The molecule has 0 spiro atoms. The maximum atomic E-state index is 13.4. The number of amides is 1. The van der Waals surface area contributed by atoms with Crippen LogP contribution in [0.25, 0.3) is 0 Å². The molecule has 1 aliphatic heterocycles. The van der Waals surface area contributed by atoms with Crippen molar-refractivity contribution in [2.45, 2.75) is 46.6 Å². The Balaban J connectivity index is 1.31. The summed E-state index contributed by atoms with van der Waals surface area (Å²) in [6.45, 7) is 11.2. The van der Waals surface area contributed by atoms with Crippen molar-refractivity contribution in [3.63, 3.8) is 0 Å². The van der Waals surface area contributed by atoms with Gasteiger partial charge in [0.05, 0.1) is 12.1 Å². The first kappa shape index (κ1) is 23.9. The number of nitrogens with one attached hydrogen (secondary N) is 1. The number of nitrogens with zero attached hydrogens (tertiary/aromatic N) is 3. The van der Waals surface area contributed by atoms with Crippen LogP contribution < -0.4 is 5.32 Å². The minimum atomic E-state index is -0.205. The molecule has 176 valence electrons. The first-order chi connectivity index (χ1) is 15.7. The number of fused-ring (bicyclic) bond motifs is 1. The Morgan fingerprint density at radius 2 is 1.97 bits per heavy atom. The van der Waals surface area contributed by atoms with Gasteiger partial charge in [0.15, 0.2) is 0 Å². The number of benzene rings is 1. The van der Waals surface area contributed by atoms with Gasteiger partial charge in [0.2, 0.25) is 5.91 Å². The highest BCUT2D eigenvalue weighted by Crippen LogP contribution is 2.43. The number of piperazine rings is 1. The van der Waals surface area contributed by atoms with Crippen molar-refractivity contribution < 1.29 is 9.18 Å². The van der Waals surface area contributed by atoms with E-state index in [1.54, 1.807) is 23.5 Å². The minimum absolute atomic E-state index is 0.0592. The first-order valence-electron chi connectivity index (χ1n) is 11.8. The van der Waals surface area contributed by atoms with E-state index in [4.69, 9.17) is 0 Å². The molecule has 0 radical (unpaired) electrons. The third-order valence-electron chi connectivity index (χ3n) is 6.98. The monoisotopic (exact) mass is 468 g/mol. The Morgan fingerprint density at radius 3 is 2.64 bits per heavy atom. The largest absolute Gasteiger partial charge is 0.315 e. The number of anilines is 1. The molecule has 1 amide bonds. The highest BCUT2D eigenvalue weighted by molar-refractivity contribution is 7.16. The summed E-state index contributed by atoms with van der Waals surface area (Å²) in [7, 11) is 0. The van der Waals surface area contributed by atoms with E-state index in [2.05, 4.69) is 42.0 Å². The summed E-state index contributed by atoms with van der Waals surface area (Å²) in [5.41, 5.74) is 3.02. The second-order valence-electron chi connectivity index (χ2n) is 10.4. The molecule has 1 aliphatic carbocycles. The second kappa shape index (κ2) is 9.92. The molecule has 0 bridgehead atoms. The summed E-state index contributed by atoms with van der Waals surface area (Å²) in [6, 6.07) is 9.08. The normalized spacial score (nSPS) is 19.7. The highest BCUT2D eigenvalue weighted by Gasteiger charge is 2.32. The Bertz CT molecular complexity index is 1040. The molecule has 4 rings (SSSR count). The maximum absolute atomic E-state index is 13.4. The van der Waals surface area contributed by atoms with Crippen LogP contribution in [0.1, 0.15) is 48.8 Å². The molecule has 2 aliphatic rings. The van der Waals surface area contributed by atoms with Crippen molar-refractivity contribution in [2.24, 2.45) is 11.3 Å². The molecule has 7 heteroatoms. The molecule has 2 aromatic rings. The summed E-state index contributed by atoms with van der Waals surface area (Å²) < 4.78 is 13.4. The lowest BCUT2D eigenvalue weighted by atomic mass is 9.72. The lowest BCUT2D eigenvalue weighted by Gasteiger charge is -2.34. The predicted octanol–water partition coefficient (Wildman–Crippen LogP) is 4.67. The van der Waals surface area contributed by atoms with Crippen LogP contribution in [0.4, 0.5) is 9.39 Å². The van der Waals surface area contributed by atoms with E-state index in [0.717, 1.165) is 63.1 Å². The van der Waals surface area contributed by atoms with Gasteiger partial charge in [-0.05, 0) is 53.9 Å². The third-order valence-corrected chi connectivity index (χ3v) is 8.15. The van der Waals surface area contributed by atoms with Crippen molar-refractivity contribution in [1.82, 2.24) is 9.80 Å². The number of thiophene rings is 1. The molecule has 1 unspecified atom stereocenters. The van der Waals surface area contributed by atoms with E-state index in [0.29, 0.717) is 23.0 Å². The molecule has 5 nitrogen and oxygen atoms in total. The Morgan fingerprint density at radius 1 is 1.24 bits per heavy atom. The first-order valence-corrected chi connectivity index (χ1v) is 12.6. The van der Waals surface area contributed by atoms with E-state index in [9.17, 15) is 14.4 Å². The van der Waals surface area contributed by atoms with Crippen LogP contribution in [0.2, 0.25) is 0 Å². The smallest absolute Gasteiger partial charge is 0.239 e. The predicted molar refractivity (Wildman–Crippen MR) is 131 cm³/mol. The van der Waals surface area contributed by atoms with Crippen LogP contribution in [0.3, 0.4) is 0 Å². The molecular weight excluding hydrogens is 435 g/mol. The van der Waals surface area contributed by atoms with Gasteiger partial charge >= 0.3 is 0 Å². The van der Waals surface area contributed by atoms with Crippen molar-refractivity contribution in [3.8, 4) is 6.07 Å². The summed E-state index contributed by atoms with van der Waals surface area (Å²) in [6.07, 6.45) is 3.00. The van der Waals surface area contributed by atoms with E-state index in [-0.39, 0.29) is 17.1 Å². The molecule has 1 fully saturated rings. The van der Waals surface area contributed by atoms with E-state index >= 15 is 0 Å². The summed E-state index contributed by atoms with van der Waals surface area (Å²) in [5.74, 6) is 0.335. The van der Waals surface area contributed by atoms with Gasteiger partial charge in [0.1, 0.15) is 16.9 Å². The van der Waals surface area contributed by atoms with Gasteiger partial charge in [-0.2, -0.15) is 5.26 Å². The molecule has 1 N–H and O–H groups in total. The summed E-state index contributed by atoms with van der Waals surface area (Å²) >= 11 is 1.59. The van der Waals surface area contributed by atoms with Gasteiger partial charge < -0.3 is 5.32 Å². The topological polar surface area (TPSA) is 59.4 Å². The number of nitriles is 1. The zero-order valence-electron chi connectivity index (χ0n) is 19.8. The van der Waals surface area contributed by atoms with E-state index in [1.165, 1.54) is 10.9 Å². The van der Waals surface area contributed by atoms with E-state index < -0.39 is 0 Å². The quantitative estimate of drug-likeness (QED) is 0.693. The highest BCUT2D eigenvalue weighted by atomic mass is 32.1. The Labute approximate surface area is 200 Å². The fourth-order valence-electron chi connectivity index (χ4n) is 4.90. The average Bonchev–Trinajstić information content (AvgIpc) is 3.10.